The van der Waals surface area contributed by atoms with Crippen LogP contribution in [0, 0.1) is 5.41 Å². The highest BCUT2D eigenvalue weighted by atomic mass is 28.3. The highest BCUT2D eigenvalue weighted by Gasteiger charge is 2.48. The number of anilines is 1. The second-order valence-corrected chi connectivity index (χ2v) is 27.5. The summed E-state index contributed by atoms with van der Waals surface area (Å²) >= 11 is 0. The number of aryl methyl sites for hydroxylation is 2. The van der Waals surface area contributed by atoms with Crippen molar-refractivity contribution in [3.63, 3.8) is 0 Å². The van der Waals surface area contributed by atoms with E-state index in [9.17, 15) is 33.6 Å². The minimum atomic E-state index is -2.02. The van der Waals surface area contributed by atoms with Crippen molar-refractivity contribution in [3.05, 3.63) is 101 Å². The van der Waals surface area contributed by atoms with Crippen molar-refractivity contribution < 1.29 is 33.6 Å². The normalized spacial score (nSPS) is 22.8. The Morgan fingerprint density at radius 1 is 0.671 bits per heavy atom. The number of rotatable bonds is 16. The number of likely N-dealkylation sites (N-methyl/N-ethyl adjacent to an activating group) is 2. The molecule has 0 radical (unpaired) electrons. The zero-order valence-electron chi connectivity index (χ0n) is 44.2. The molecule has 3 aromatic carbocycles. The molecule has 2 heterocycles. The Balaban J connectivity index is 1.04. The summed E-state index contributed by atoms with van der Waals surface area (Å²) in [4.78, 5) is 101. The molecule has 3 aromatic rings. The Hall–Kier alpha value is -6.11. The summed E-state index contributed by atoms with van der Waals surface area (Å²) < 4.78 is 0. The van der Waals surface area contributed by atoms with Gasteiger partial charge in [0.2, 0.25) is 35.4 Å². The Morgan fingerprint density at radius 3 is 1.75 bits per heavy atom. The smallest absolute Gasteiger partial charge is 0.319 e. The largest absolute Gasteiger partial charge is 0.348 e. The van der Waals surface area contributed by atoms with Crippen molar-refractivity contribution >= 4 is 55.2 Å². The summed E-state index contributed by atoms with van der Waals surface area (Å²) in [5.41, 5.74) is 5.06. The van der Waals surface area contributed by atoms with Crippen LogP contribution in [-0.2, 0) is 48.0 Å². The molecule has 0 saturated carbocycles. The van der Waals surface area contributed by atoms with Gasteiger partial charge in [0.25, 0.3) is 0 Å². The van der Waals surface area contributed by atoms with Crippen molar-refractivity contribution in [2.75, 3.05) is 32.1 Å². The van der Waals surface area contributed by atoms with Gasteiger partial charge < -0.3 is 52.3 Å². The molecule has 7 rings (SSSR count). The van der Waals surface area contributed by atoms with Crippen LogP contribution < -0.4 is 42.5 Å². The highest BCUT2D eigenvalue weighted by Crippen LogP contribution is 2.34. The van der Waals surface area contributed by atoms with Crippen LogP contribution in [-0.4, -0.2) is 128 Å². The molecule has 18 heteroatoms. The van der Waals surface area contributed by atoms with Crippen LogP contribution in [0.2, 0.25) is 19.1 Å². The Morgan fingerprint density at radius 2 is 1.21 bits per heavy atom. The molecule has 0 spiro atoms. The first-order valence-electron chi connectivity index (χ1n) is 26.2. The lowest BCUT2D eigenvalue weighted by atomic mass is 9.85. The maximum absolute atomic E-state index is 14.7. The van der Waals surface area contributed by atoms with Crippen LogP contribution in [0.3, 0.4) is 0 Å². The van der Waals surface area contributed by atoms with Gasteiger partial charge in [-0.05, 0) is 124 Å². The molecular weight excluding hydrogens is 941 g/mol. The number of hydrogen-bond donors (Lipinski definition) is 8. The van der Waals surface area contributed by atoms with Crippen molar-refractivity contribution in [1.29, 1.82) is 0 Å². The zero-order chi connectivity index (χ0) is 52.8. The summed E-state index contributed by atoms with van der Waals surface area (Å²) in [5.74, 6) is -1.93. The minimum Gasteiger partial charge on any atom is -0.348 e. The molecule has 17 nitrogen and oxygen atoms in total. The Kier molecular flexibility index (Phi) is 17.5. The Labute approximate surface area is 431 Å². The van der Waals surface area contributed by atoms with Crippen molar-refractivity contribution in [2.24, 2.45) is 5.41 Å². The van der Waals surface area contributed by atoms with Gasteiger partial charge in [0, 0.05) is 24.8 Å². The van der Waals surface area contributed by atoms with Gasteiger partial charge in [-0.2, -0.15) is 0 Å². The van der Waals surface area contributed by atoms with E-state index in [-0.39, 0.29) is 61.0 Å². The second kappa shape index (κ2) is 23.4. The molecule has 0 aromatic heterocycles. The predicted octanol–water partition coefficient (Wildman–Crippen LogP) is 4.40. The number of likely N-dealkylation sites (tertiary alicyclic amines) is 1. The van der Waals surface area contributed by atoms with Crippen molar-refractivity contribution in [1.82, 2.24) is 47.0 Å². The fourth-order valence-corrected chi connectivity index (χ4v) is 13.7. The van der Waals surface area contributed by atoms with Crippen LogP contribution in [0.25, 0.3) is 0 Å². The van der Waals surface area contributed by atoms with E-state index in [0.29, 0.717) is 17.9 Å². The first-order chi connectivity index (χ1) is 34.7. The van der Waals surface area contributed by atoms with E-state index >= 15 is 0 Å². The van der Waals surface area contributed by atoms with Gasteiger partial charge in [-0.15, -0.1) is 0 Å². The van der Waals surface area contributed by atoms with Gasteiger partial charge in [-0.25, -0.2) is 4.79 Å². The first-order valence-corrected chi connectivity index (χ1v) is 29.6. The van der Waals surface area contributed by atoms with Gasteiger partial charge in [0.15, 0.2) is 0 Å². The van der Waals surface area contributed by atoms with Crippen LogP contribution in [0.1, 0.15) is 107 Å². The number of benzene rings is 3. The molecule has 2 aliphatic heterocycles. The maximum atomic E-state index is 14.7. The highest BCUT2D eigenvalue weighted by molar-refractivity contribution is 6.79. The molecule has 394 valence electrons. The van der Waals surface area contributed by atoms with Crippen LogP contribution in [0.15, 0.2) is 72.8 Å². The van der Waals surface area contributed by atoms with Gasteiger partial charge >= 0.3 is 6.03 Å². The van der Waals surface area contributed by atoms with Crippen molar-refractivity contribution in [3.8, 4) is 0 Å². The van der Waals surface area contributed by atoms with E-state index < -0.39 is 67.7 Å². The molecule has 0 bridgehead atoms. The maximum Gasteiger partial charge on any atom is 0.319 e. The predicted molar refractivity (Wildman–Crippen MR) is 285 cm³/mol. The van der Waals surface area contributed by atoms with E-state index in [2.05, 4.69) is 73.8 Å². The standard InChI is InChI=1S/C55H78N10O7Si/c1-33(56-6)48(66)62-44(52(70)65-32-73(8,9)31-46(65)51(69)61-43-23-15-19-37-17-11-13-21-41(37)43)28-35-24-26-38(27-25-35)58-54(72)59-39-29-45(50(68)60-42-22-14-18-36-16-10-12-20-40(36)42)64(30-39)53(71)47(55(3,4)5)63-49(67)34(2)57-7/h10-13,16-17,20-21,24-27,33-34,39,42-47,56-57H,14-15,18-19,22-23,28-32H2,1-9H3,(H,60,68)(H,61,69)(H,62,66)(H,63,67)(H2,58,59,72)/t33?,34?,39-,42+,43+,44?,45-,46?,47?/m0/s1. The van der Waals surface area contributed by atoms with E-state index in [1.807, 2.05) is 51.1 Å². The quantitative estimate of drug-likeness (QED) is 0.0953. The van der Waals surface area contributed by atoms with Crippen LogP contribution >= 0.6 is 0 Å². The average Bonchev–Trinajstić information content (AvgIpc) is 3.94. The van der Waals surface area contributed by atoms with Gasteiger partial charge in [-0.3, -0.25) is 28.8 Å². The van der Waals surface area contributed by atoms with Gasteiger partial charge in [-0.1, -0.05) is 94.5 Å². The summed E-state index contributed by atoms with van der Waals surface area (Å²) in [6, 6.07) is 17.7. The number of carbonyl (C=O) groups excluding carboxylic acids is 7. The summed E-state index contributed by atoms with van der Waals surface area (Å²) in [5, 5.41) is 24.2. The molecule has 8 N–H and O–H groups in total. The topological polar surface area (TPSA) is 222 Å². The van der Waals surface area contributed by atoms with E-state index in [0.717, 1.165) is 55.2 Å². The molecule has 2 saturated heterocycles. The van der Waals surface area contributed by atoms with Gasteiger partial charge in [0.1, 0.15) is 24.2 Å². The number of urea groups is 1. The van der Waals surface area contributed by atoms with E-state index in [1.165, 1.54) is 16.0 Å². The average molecular weight is 1020 g/mol. The number of nitrogens with one attached hydrogen (secondary N) is 8. The van der Waals surface area contributed by atoms with Gasteiger partial charge in [0.05, 0.1) is 38.3 Å². The van der Waals surface area contributed by atoms with Crippen LogP contribution in [0.5, 0.6) is 0 Å². The molecule has 2 fully saturated rings. The lowest BCUT2D eigenvalue weighted by molar-refractivity contribution is -0.144. The fourth-order valence-electron chi connectivity index (χ4n) is 10.9. The summed E-state index contributed by atoms with van der Waals surface area (Å²) in [6.45, 7) is 13.4. The third kappa shape index (κ3) is 13.4. The monoisotopic (exact) mass is 1020 g/mol. The van der Waals surface area contributed by atoms with E-state index in [4.69, 9.17) is 0 Å². The molecule has 73 heavy (non-hydrogen) atoms. The molecule has 5 unspecified atom stereocenters. The summed E-state index contributed by atoms with van der Waals surface area (Å²) in [6.07, 6.45) is 6.10. The second-order valence-electron chi connectivity index (χ2n) is 22.5. The third-order valence-corrected chi connectivity index (χ3v) is 17.9. The molecule has 4 aliphatic rings. The zero-order valence-corrected chi connectivity index (χ0v) is 45.2. The summed E-state index contributed by atoms with van der Waals surface area (Å²) in [7, 11) is 1.32. The molecule has 2 aliphatic carbocycles. The number of carbonyl (C=O) groups is 7. The molecule has 8 amide bonds. The number of hydrogen-bond acceptors (Lipinski definition) is 9. The fraction of sp³-hybridized carbons (Fsp3) is 0.545. The third-order valence-electron chi connectivity index (χ3n) is 15.2. The first kappa shape index (κ1) is 54.7. The SMILES string of the molecule is CNC(C)C(=O)NC(Cc1ccc(NC(=O)N[C@H]2C[C@@H](C(=O)N[C@@H]3CCCc4ccccc43)N(C(=O)C(NC(=O)C(C)NC)C(C)(C)C)C2)cc1)C(=O)N1C[Si](C)(C)CC1C(=O)N[C@@H]1CCCc2ccccc21. The lowest BCUT2D eigenvalue weighted by Crippen LogP contribution is -2.59. The van der Waals surface area contributed by atoms with Crippen LogP contribution in [0.4, 0.5) is 10.5 Å². The van der Waals surface area contributed by atoms with Crippen molar-refractivity contribution in [2.45, 2.75) is 159 Å². The molecule has 9 atom stereocenters. The number of fused-ring (bicyclic) bond motifs is 2. The lowest BCUT2D eigenvalue weighted by Gasteiger charge is -2.36. The number of nitrogens with zero attached hydrogens (tertiary/aromatic N) is 2. The molecular formula is C55H78N10O7Si. The minimum absolute atomic E-state index is 0.0373. The number of amides is 8. The van der Waals surface area contributed by atoms with E-state index in [1.54, 1.807) is 57.1 Å². The Bertz CT molecular complexity index is 2520.